The maximum atomic E-state index is 12.4. The molecule has 2 aromatic rings. The predicted molar refractivity (Wildman–Crippen MR) is 161 cm³/mol. The van der Waals surface area contributed by atoms with E-state index >= 15 is 0 Å². The van der Waals surface area contributed by atoms with E-state index in [9.17, 15) is 4.79 Å². The van der Waals surface area contributed by atoms with E-state index in [1.807, 2.05) is 54.6 Å². The van der Waals surface area contributed by atoms with Crippen LogP contribution >= 0.6 is 0 Å². The number of ketones is 1. The van der Waals surface area contributed by atoms with Gasteiger partial charge in [-0.3, -0.25) is 4.79 Å². The first-order valence-electron chi connectivity index (χ1n) is 15.3. The van der Waals surface area contributed by atoms with E-state index in [1.54, 1.807) is 6.08 Å². The molecule has 2 rings (SSSR count). The number of rotatable bonds is 22. The Kier molecular flexibility index (Phi) is 17.3. The van der Waals surface area contributed by atoms with Gasteiger partial charge in [-0.2, -0.15) is 0 Å². The molecule has 0 heterocycles. The van der Waals surface area contributed by atoms with Crippen molar-refractivity contribution in [1.29, 1.82) is 0 Å². The Morgan fingerprint density at radius 1 is 0.622 bits per heavy atom. The van der Waals surface area contributed by atoms with Gasteiger partial charge in [0.1, 0.15) is 5.75 Å². The largest absolute Gasteiger partial charge is 0.494 e. The molecule has 2 nitrogen and oxygen atoms in total. The number of hydrogen-bond donors (Lipinski definition) is 0. The van der Waals surface area contributed by atoms with Crippen LogP contribution in [-0.2, 0) is 6.42 Å². The van der Waals surface area contributed by atoms with Crippen LogP contribution in [0.25, 0.3) is 6.08 Å². The Morgan fingerprint density at radius 3 is 1.59 bits per heavy atom. The van der Waals surface area contributed by atoms with Gasteiger partial charge in [0, 0.05) is 5.56 Å². The van der Waals surface area contributed by atoms with Gasteiger partial charge in [0.25, 0.3) is 0 Å². The van der Waals surface area contributed by atoms with E-state index in [2.05, 4.69) is 13.8 Å². The van der Waals surface area contributed by atoms with Gasteiger partial charge in [0.2, 0.25) is 0 Å². The number of carbonyl (C=O) groups is 1. The molecule has 204 valence electrons. The lowest BCUT2D eigenvalue weighted by Gasteiger charge is -2.07. The van der Waals surface area contributed by atoms with Gasteiger partial charge < -0.3 is 4.74 Å². The Morgan fingerprint density at radius 2 is 1.11 bits per heavy atom. The first-order valence-corrected chi connectivity index (χ1v) is 15.3. The third-order valence-electron chi connectivity index (χ3n) is 7.22. The lowest BCUT2D eigenvalue weighted by atomic mass is 10.0. The molecule has 0 radical (unpaired) electrons. The summed E-state index contributed by atoms with van der Waals surface area (Å²) in [6, 6.07) is 15.8. The predicted octanol–water partition coefficient (Wildman–Crippen LogP) is 10.8. The second-order valence-corrected chi connectivity index (χ2v) is 10.5. The summed E-state index contributed by atoms with van der Waals surface area (Å²) in [6.45, 7) is 5.18. The molecule has 0 amide bonds. The second-order valence-electron chi connectivity index (χ2n) is 10.5. The molecule has 0 aliphatic rings. The van der Waals surface area contributed by atoms with Crippen molar-refractivity contribution in [3.8, 4) is 5.75 Å². The summed E-state index contributed by atoms with van der Waals surface area (Å²) in [5.41, 5.74) is 2.98. The molecular formula is C35H52O2. The summed E-state index contributed by atoms with van der Waals surface area (Å²) in [7, 11) is 0. The maximum Gasteiger partial charge on any atom is 0.185 e. The van der Waals surface area contributed by atoms with Gasteiger partial charge in [0.05, 0.1) is 6.61 Å². The van der Waals surface area contributed by atoms with Gasteiger partial charge in [-0.15, -0.1) is 0 Å². The average molecular weight is 505 g/mol. The number of benzene rings is 2. The number of hydrogen-bond acceptors (Lipinski definition) is 2. The summed E-state index contributed by atoms with van der Waals surface area (Å²) in [6.07, 6.45) is 26.6. The minimum Gasteiger partial charge on any atom is -0.494 e. The standard InChI is InChI=1S/C35H52O2/c1-3-5-6-7-8-9-10-11-12-13-14-15-16-17-18-19-30-37-34-27-22-32(23-28-34)24-29-35(36)33-25-20-31(4-2)21-26-33/h20-29H,3-19,30H2,1-2H3. The quantitative estimate of drug-likeness (QED) is 0.0905. The van der Waals surface area contributed by atoms with Gasteiger partial charge in [-0.25, -0.2) is 0 Å². The fraction of sp³-hybridized carbons (Fsp3) is 0.571. The molecule has 2 aromatic carbocycles. The van der Waals surface area contributed by atoms with Crippen molar-refractivity contribution in [3.63, 3.8) is 0 Å². The van der Waals surface area contributed by atoms with Gasteiger partial charge >= 0.3 is 0 Å². The number of carbonyl (C=O) groups excluding carboxylic acids is 1. The molecule has 37 heavy (non-hydrogen) atoms. The lowest BCUT2D eigenvalue weighted by Crippen LogP contribution is -1.97. The summed E-state index contributed by atoms with van der Waals surface area (Å²) < 4.78 is 5.91. The second kappa shape index (κ2) is 20.7. The lowest BCUT2D eigenvalue weighted by molar-refractivity contribution is 0.104. The molecule has 0 saturated carbocycles. The number of aryl methyl sites for hydroxylation is 1. The van der Waals surface area contributed by atoms with Crippen LogP contribution in [0, 0.1) is 0 Å². The summed E-state index contributed by atoms with van der Waals surface area (Å²) in [5, 5.41) is 0. The first kappa shape index (κ1) is 30.9. The normalized spacial score (nSPS) is 11.3. The Bertz CT molecular complexity index is 848. The van der Waals surface area contributed by atoms with Crippen LogP contribution in [0.5, 0.6) is 5.75 Å². The van der Waals surface area contributed by atoms with Gasteiger partial charge in [-0.05, 0) is 42.2 Å². The molecule has 0 aliphatic carbocycles. The Labute approximate surface area is 227 Å². The van der Waals surface area contributed by atoms with Crippen molar-refractivity contribution < 1.29 is 9.53 Å². The van der Waals surface area contributed by atoms with Crippen LogP contribution in [-0.4, -0.2) is 12.4 Å². The zero-order valence-corrected chi connectivity index (χ0v) is 23.8. The molecule has 0 fully saturated rings. The topological polar surface area (TPSA) is 26.3 Å². The number of unbranched alkanes of at least 4 members (excludes halogenated alkanes) is 15. The average Bonchev–Trinajstić information content (AvgIpc) is 2.94. The third kappa shape index (κ3) is 14.8. The molecule has 0 unspecified atom stereocenters. The SMILES string of the molecule is CCCCCCCCCCCCCCCCCCOc1ccc(C=CC(=O)c2ccc(CC)cc2)cc1. The van der Waals surface area contributed by atoms with Crippen LogP contribution in [0.1, 0.15) is 138 Å². The van der Waals surface area contributed by atoms with Crippen molar-refractivity contribution in [2.45, 2.75) is 123 Å². The third-order valence-corrected chi connectivity index (χ3v) is 7.22. The summed E-state index contributed by atoms with van der Waals surface area (Å²) in [5.74, 6) is 0.936. The Balaban J connectivity index is 1.44. The fourth-order valence-corrected chi connectivity index (χ4v) is 4.69. The van der Waals surface area contributed by atoms with Crippen LogP contribution < -0.4 is 4.74 Å². The molecular weight excluding hydrogens is 452 g/mol. The smallest absolute Gasteiger partial charge is 0.185 e. The maximum absolute atomic E-state index is 12.4. The fourth-order valence-electron chi connectivity index (χ4n) is 4.69. The first-order chi connectivity index (χ1) is 18.2. The van der Waals surface area contributed by atoms with E-state index in [1.165, 1.54) is 102 Å². The van der Waals surface area contributed by atoms with Crippen molar-refractivity contribution >= 4 is 11.9 Å². The van der Waals surface area contributed by atoms with E-state index < -0.39 is 0 Å². The zero-order chi connectivity index (χ0) is 26.4. The van der Waals surface area contributed by atoms with E-state index in [0.29, 0.717) is 0 Å². The molecule has 0 N–H and O–H groups in total. The highest BCUT2D eigenvalue weighted by atomic mass is 16.5. The van der Waals surface area contributed by atoms with Crippen molar-refractivity contribution in [2.75, 3.05) is 6.61 Å². The minimum absolute atomic E-state index is 0.0338. The molecule has 0 atom stereocenters. The highest BCUT2D eigenvalue weighted by Gasteiger charge is 2.02. The van der Waals surface area contributed by atoms with E-state index in [0.717, 1.165) is 36.3 Å². The van der Waals surface area contributed by atoms with E-state index in [4.69, 9.17) is 4.74 Å². The van der Waals surface area contributed by atoms with Gasteiger partial charge in [0.15, 0.2) is 5.78 Å². The molecule has 0 spiro atoms. The van der Waals surface area contributed by atoms with E-state index in [-0.39, 0.29) is 5.78 Å². The number of allylic oxidation sites excluding steroid dienone is 1. The van der Waals surface area contributed by atoms with Crippen LogP contribution in [0.3, 0.4) is 0 Å². The number of ether oxygens (including phenoxy) is 1. The minimum atomic E-state index is 0.0338. The van der Waals surface area contributed by atoms with Gasteiger partial charge in [-0.1, -0.05) is 153 Å². The Hall–Kier alpha value is -2.35. The van der Waals surface area contributed by atoms with Crippen LogP contribution in [0.15, 0.2) is 54.6 Å². The van der Waals surface area contributed by atoms with Crippen molar-refractivity contribution in [3.05, 3.63) is 71.3 Å². The zero-order valence-electron chi connectivity index (χ0n) is 23.8. The summed E-state index contributed by atoms with van der Waals surface area (Å²) in [4.78, 5) is 12.4. The molecule has 0 saturated heterocycles. The van der Waals surface area contributed by atoms with Crippen molar-refractivity contribution in [2.24, 2.45) is 0 Å². The van der Waals surface area contributed by atoms with Crippen LogP contribution in [0.2, 0.25) is 0 Å². The molecule has 0 aromatic heterocycles. The van der Waals surface area contributed by atoms with Crippen molar-refractivity contribution in [1.82, 2.24) is 0 Å². The van der Waals surface area contributed by atoms with Crippen LogP contribution in [0.4, 0.5) is 0 Å². The molecule has 0 bridgehead atoms. The highest BCUT2D eigenvalue weighted by molar-refractivity contribution is 6.06. The summed E-state index contributed by atoms with van der Waals surface area (Å²) >= 11 is 0. The molecule has 2 heteroatoms. The molecule has 0 aliphatic heterocycles. The monoisotopic (exact) mass is 504 g/mol. The highest BCUT2D eigenvalue weighted by Crippen LogP contribution is 2.16.